The molecular formula is C12H15FN4S. The van der Waals surface area contributed by atoms with Gasteiger partial charge in [-0.15, -0.1) is 5.10 Å². The Morgan fingerprint density at radius 1 is 1.44 bits per heavy atom. The number of halogens is 1. The van der Waals surface area contributed by atoms with Gasteiger partial charge in [0, 0.05) is 11.4 Å². The standard InChI is InChI=1S/C12H15FN4S/c1-3-14-7-9-6-10(13)4-5-11(9)18-12-15-8(2)16-17-12/h4-6,14H,3,7H2,1-2H3,(H,15,16,17). The Hall–Kier alpha value is -1.40. The Labute approximate surface area is 109 Å². The quantitative estimate of drug-likeness (QED) is 0.873. The molecule has 0 spiro atoms. The highest BCUT2D eigenvalue weighted by Gasteiger charge is 2.08. The second kappa shape index (κ2) is 5.97. The van der Waals surface area contributed by atoms with Gasteiger partial charge < -0.3 is 5.32 Å². The zero-order valence-electron chi connectivity index (χ0n) is 10.3. The van der Waals surface area contributed by atoms with E-state index in [-0.39, 0.29) is 5.82 Å². The molecule has 0 aliphatic heterocycles. The van der Waals surface area contributed by atoms with Gasteiger partial charge in [0.15, 0.2) is 0 Å². The zero-order chi connectivity index (χ0) is 13.0. The highest BCUT2D eigenvalue weighted by atomic mass is 32.2. The van der Waals surface area contributed by atoms with Crippen LogP contribution in [0, 0.1) is 12.7 Å². The van der Waals surface area contributed by atoms with Gasteiger partial charge in [0.1, 0.15) is 11.6 Å². The largest absolute Gasteiger partial charge is 0.313 e. The van der Waals surface area contributed by atoms with E-state index < -0.39 is 0 Å². The van der Waals surface area contributed by atoms with Gasteiger partial charge in [-0.25, -0.2) is 9.37 Å². The number of nitrogens with one attached hydrogen (secondary N) is 2. The molecule has 0 unspecified atom stereocenters. The molecule has 4 nitrogen and oxygen atoms in total. The fraction of sp³-hybridized carbons (Fsp3) is 0.333. The van der Waals surface area contributed by atoms with Crippen LogP contribution in [0.25, 0.3) is 0 Å². The van der Waals surface area contributed by atoms with Crippen LogP contribution in [0.2, 0.25) is 0 Å². The molecule has 0 amide bonds. The molecule has 1 aromatic heterocycles. The molecule has 1 heterocycles. The number of aromatic nitrogens is 3. The summed E-state index contributed by atoms with van der Waals surface area (Å²) in [6.45, 7) is 5.35. The Bertz CT molecular complexity index is 527. The lowest BCUT2D eigenvalue weighted by Gasteiger charge is -2.08. The van der Waals surface area contributed by atoms with Crippen molar-refractivity contribution in [1.82, 2.24) is 20.5 Å². The first kappa shape index (κ1) is 13.0. The smallest absolute Gasteiger partial charge is 0.213 e. The number of hydrogen-bond acceptors (Lipinski definition) is 4. The lowest BCUT2D eigenvalue weighted by atomic mass is 10.2. The zero-order valence-corrected chi connectivity index (χ0v) is 11.1. The van der Waals surface area contributed by atoms with Gasteiger partial charge in [0.05, 0.1) is 0 Å². The van der Waals surface area contributed by atoms with E-state index in [1.807, 2.05) is 13.8 Å². The molecule has 1 aromatic carbocycles. The molecule has 0 atom stereocenters. The predicted molar refractivity (Wildman–Crippen MR) is 69.0 cm³/mol. The third-order valence-electron chi connectivity index (χ3n) is 2.37. The second-order valence-corrected chi connectivity index (χ2v) is 4.85. The lowest BCUT2D eigenvalue weighted by Crippen LogP contribution is -2.12. The highest BCUT2D eigenvalue weighted by molar-refractivity contribution is 7.99. The molecule has 0 fully saturated rings. The highest BCUT2D eigenvalue weighted by Crippen LogP contribution is 2.28. The number of benzene rings is 1. The number of nitrogens with zero attached hydrogens (tertiary/aromatic N) is 2. The van der Waals surface area contributed by atoms with E-state index in [0.29, 0.717) is 11.7 Å². The molecule has 2 rings (SSSR count). The minimum atomic E-state index is -0.224. The van der Waals surface area contributed by atoms with E-state index in [1.54, 1.807) is 12.1 Å². The molecule has 2 N–H and O–H groups in total. The molecule has 0 saturated carbocycles. The van der Waals surface area contributed by atoms with Crippen LogP contribution in [-0.4, -0.2) is 21.7 Å². The normalized spacial score (nSPS) is 10.8. The number of aromatic amines is 1. The van der Waals surface area contributed by atoms with Crippen molar-refractivity contribution < 1.29 is 4.39 Å². The van der Waals surface area contributed by atoms with Gasteiger partial charge in [-0.2, -0.15) is 0 Å². The summed E-state index contributed by atoms with van der Waals surface area (Å²) < 4.78 is 13.2. The van der Waals surface area contributed by atoms with Gasteiger partial charge in [-0.1, -0.05) is 6.92 Å². The molecule has 0 saturated heterocycles. The van der Waals surface area contributed by atoms with Crippen molar-refractivity contribution in [2.75, 3.05) is 6.54 Å². The van der Waals surface area contributed by atoms with Crippen LogP contribution in [0.15, 0.2) is 28.3 Å². The average molecular weight is 266 g/mol. The third-order valence-corrected chi connectivity index (χ3v) is 3.35. The van der Waals surface area contributed by atoms with Crippen LogP contribution in [0.5, 0.6) is 0 Å². The Kier molecular flexibility index (Phi) is 4.33. The van der Waals surface area contributed by atoms with E-state index >= 15 is 0 Å². The Morgan fingerprint density at radius 2 is 2.28 bits per heavy atom. The first-order chi connectivity index (χ1) is 8.69. The maximum Gasteiger partial charge on any atom is 0.213 e. The summed E-state index contributed by atoms with van der Waals surface area (Å²) in [5.74, 6) is 0.547. The summed E-state index contributed by atoms with van der Waals surface area (Å²) in [5.41, 5.74) is 0.921. The van der Waals surface area contributed by atoms with E-state index in [0.717, 1.165) is 22.8 Å². The number of aryl methyl sites for hydroxylation is 1. The first-order valence-corrected chi connectivity index (χ1v) is 6.56. The number of H-pyrrole nitrogens is 1. The molecule has 0 aliphatic carbocycles. The van der Waals surface area contributed by atoms with E-state index in [2.05, 4.69) is 20.5 Å². The summed E-state index contributed by atoms with van der Waals surface area (Å²) in [6.07, 6.45) is 0. The molecule has 96 valence electrons. The molecule has 0 aliphatic rings. The van der Waals surface area contributed by atoms with Gasteiger partial charge in [-0.3, -0.25) is 5.10 Å². The van der Waals surface area contributed by atoms with Crippen LogP contribution < -0.4 is 5.32 Å². The minimum Gasteiger partial charge on any atom is -0.313 e. The van der Waals surface area contributed by atoms with Gasteiger partial charge in [0.25, 0.3) is 0 Å². The van der Waals surface area contributed by atoms with Crippen LogP contribution in [0.4, 0.5) is 4.39 Å². The maximum absolute atomic E-state index is 13.2. The van der Waals surface area contributed by atoms with Crippen molar-refractivity contribution in [2.24, 2.45) is 0 Å². The van der Waals surface area contributed by atoms with Crippen LogP contribution in [0.1, 0.15) is 18.3 Å². The molecule has 18 heavy (non-hydrogen) atoms. The predicted octanol–water partition coefficient (Wildman–Crippen LogP) is 2.51. The van der Waals surface area contributed by atoms with Crippen molar-refractivity contribution in [1.29, 1.82) is 0 Å². The second-order valence-electron chi connectivity index (χ2n) is 3.84. The van der Waals surface area contributed by atoms with E-state index in [4.69, 9.17) is 0 Å². The molecule has 0 bridgehead atoms. The Morgan fingerprint density at radius 3 is 2.94 bits per heavy atom. The van der Waals surface area contributed by atoms with Crippen molar-refractivity contribution in [3.8, 4) is 0 Å². The van der Waals surface area contributed by atoms with Crippen molar-refractivity contribution in [3.63, 3.8) is 0 Å². The SMILES string of the molecule is CCNCc1cc(F)ccc1Sc1n[nH]c(C)n1. The third kappa shape index (κ3) is 3.30. The fourth-order valence-electron chi connectivity index (χ4n) is 1.51. The van der Waals surface area contributed by atoms with Crippen molar-refractivity contribution in [3.05, 3.63) is 35.4 Å². The van der Waals surface area contributed by atoms with Crippen LogP contribution >= 0.6 is 11.8 Å². The molecule has 0 radical (unpaired) electrons. The number of rotatable bonds is 5. The summed E-state index contributed by atoms with van der Waals surface area (Å²) in [6, 6.07) is 4.76. The lowest BCUT2D eigenvalue weighted by molar-refractivity contribution is 0.619. The van der Waals surface area contributed by atoms with E-state index in [1.165, 1.54) is 17.8 Å². The molecule has 6 heteroatoms. The van der Waals surface area contributed by atoms with Crippen molar-refractivity contribution >= 4 is 11.8 Å². The van der Waals surface area contributed by atoms with Gasteiger partial charge in [0.2, 0.25) is 5.16 Å². The minimum absolute atomic E-state index is 0.224. The van der Waals surface area contributed by atoms with Gasteiger partial charge in [-0.05, 0) is 49.0 Å². The van der Waals surface area contributed by atoms with Crippen LogP contribution in [0.3, 0.4) is 0 Å². The molecular weight excluding hydrogens is 251 g/mol. The summed E-state index contributed by atoms with van der Waals surface area (Å²) in [4.78, 5) is 5.20. The summed E-state index contributed by atoms with van der Waals surface area (Å²) in [7, 11) is 0. The topological polar surface area (TPSA) is 53.6 Å². The Balaban J connectivity index is 2.20. The summed E-state index contributed by atoms with van der Waals surface area (Å²) in [5, 5.41) is 10.7. The van der Waals surface area contributed by atoms with Crippen molar-refractivity contribution in [2.45, 2.75) is 30.4 Å². The van der Waals surface area contributed by atoms with Gasteiger partial charge >= 0.3 is 0 Å². The average Bonchev–Trinajstić information content (AvgIpc) is 2.75. The monoisotopic (exact) mass is 266 g/mol. The maximum atomic E-state index is 13.2. The van der Waals surface area contributed by atoms with E-state index in [9.17, 15) is 4.39 Å². The van der Waals surface area contributed by atoms with Crippen LogP contribution in [-0.2, 0) is 6.54 Å². The number of hydrogen-bond donors (Lipinski definition) is 2. The first-order valence-electron chi connectivity index (χ1n) is 5.75. The molecule has 2 aromatic rings. The summed E-state index contributed by atoms with van der Waals surface area (Å²) >= 11 is 1.43. The fourth-order valence-corrected chi connectivity index (χ4v) is 2.38.